The zero-order chi connectivity index (χ0) is 14.6. The summed E-state index contributed by atoms with van der Waals surface area (Å²) < 4.78 is 0. The maximum absolute atomic E-state index is 12.0. The Morgan fingerprint density at radius 1 is 1.55 bits per heavy atom. The lowest BCUT2D eigenvalue weighted by Crippen LogP contribution is -2.47. The van der Waals surface area contributed by atoms with E-state index in [1.807, 2.05) is 13.8 Å². The second kappa shape index (κ2) is 6.31. The first-order chi connectivity index (χ1) is 9.62. The van der Waals surface area contributed by atoms with Gasteiger partial charge < -0.3 is 5.32 Å². The number of carbonyl (C=O) groups excluding carboxylic acids is 1. The average molecular weight is 292 g/mol. The first kappa shape index (κ1) is 14.9. The summed E-state index contributed by atoms with van der Waals surface area (Å²) in [6.07, 6.45) is 9.33. The van der Waals surface area contributed by atoms with Crippen molar-refractivity contribution in [2.45, 2.75) is 56.1 Å². The van der Waals surface area contributed by atoms with E-state index >= 15 is 0 Å². The zero-order valence-electron chi connectivity index (χ0n) is 11.9. The second-order valence-corrected chi connectivity index (χ2v) is 5.99. The van der Waals surface area contributed by atoms with Crippen LogP contribution in [0.3, 0.4) is 0 Å². The number of aromatic nitrogens is 3. The maximum atomic E-state index is 12.0. The van der Waals surface area contributed by atoms with Crippen molar-refractivity contribution in [2.24, 2.45) is 0 Å². The van der Waals surface area contributed by atoms with Crippen LogP contribution in [0.15, 0.2) is 5.16 Å². The van der Waals surface area contributed by atoms with Gasteiger partial charge in [-0.05, 0) is 25.7 Å². The van der Waals surface area contributed by atoms with Gasteiger partial charge in [0.25, 0.3) is 0 Å². The Bertz CT molecular complexity index is 511. The highest BCUT2D eigenvalue weighted by molar-refractivity contribution is 7.99. The molecule has 1 aliphatic carbocycles. The van der Waals surface area contributed by atoms with Gasteiger partial charge in [-0.15, -0.1) is 11.5 Å². The number of amides is 1. The van der Waals surface area contributed by atoms with E-state index in [1.165, 1.54) is 24.6 Å². The van der Waals surface area contributed by atoms with Gasteiger partial charge in [-0.2, -0.15) is 0 Å². The molecule has 0 saturated heterocycles. The van der Waals surface area contributed by atoms with Crippen LogP contribution in [0.5, 0.6) is 0 Å². The Balaban J connectivity index is 1.83. The Labute approximate surface area is 123 Å². The van der Waals surface area contributed by atoms with E-state index < -0.39 is 5.54 Å². The van der Waals surface area contributed by atoms with Gasteiger partial charge in [0, 0.05) is 5.92 Å². The molecule has 0 unspecified atom stereocenters. The summed E-state index contributed by atoms with van der Waals surface area (Å²) in [5, 5.41) is 10.6. The van der Waals surface area contributed by atoms with E-state index in [2.05, 4.69) is 26.4 Å². The molecule has 5 nitrogen and oxygen atoms in total. The fourth-order valence-corrected chi connectivity index (χ4v) is 2.57. The zero-order valence-corrected chi connectivity index (χ0v) is 12.7. The topological polar surface area (TPSA) is 70.7 Å². The minimum Gasteiger partial charge on any atom is -0.339 e. The van der Waals surface area contributed by atoms with Gasteiger partial charge in [-0.1, -0.05) is 31.5 Å². The highest BCUT2D eigenvalue weighted by atomic mass is 32.2. The van der Waals surface area contributed by atoms with Crippen molar-refractivity contribution in [2.75, 3.05) is 5.75 Å². The predicted octanol–water partition coefficient (Wildman–Crippen LogP) is 2.08. The van der Waals surface area contributed by atoms with E-state index in [1.54, 1.807) is 0 Å². The molecule has 6 heteroatoms. The number of thioether (sulfide) groups is 1. The van der Waals surface area contributed by atoms with Crippen LogP contribution in [-0.4, -0.2) is 32.4 Å². The van der Waals surface area contributed by atoms with Crippen molar-refractivity contribution < 1.29 is 4.79 Å². The predicted molar refractivity (Wildman–Crippen MR) is 79.4 cm³/mol. The summed E-state index contributed by atoms with van der Waals surface area (Å²) in [5.74, 6) is 4.38. The molecule has 0 aliphatic heterocycles. The minimum absolute atomic E-state index is 0.0746. The third kappa shape index (κ3) is 3.54. The molecule has 2 rings (SSSR count). The van der Waals surface area contributed by atoms with E-state index in [0.29, 0.717) is 11.1 Å². The van der Waals surface area contributed by atoms with E-state index in [9.17, 15) is 4.79 Å². The fourth-order valence-electron chi connectivity index (χ4n) is 1.96. The number of H-pyrrole nitrogens is 1. The highest BCUT2D eigenvalue weighted by Gasteiger charge is 2.28. The van der Waals surface area contributed by atoms with Crippen LogP contribution in [0.25, 0.3) is 0 Å². The normalized spacial score (nSPS) is 14.8. The monoisotopic (exact) mass is 292 g/mol. The van der Waals surface area contributed by atoms with Crippen molar-refractivity contribution in [3.8, 4) is 12.3 Å². The van der Waals surface area contributed by atoms with Crippen molar-refractivity contribution in [3.05, 3.63) is 5.82 Å². The fraction of sp³-hybridized carbons (Fsp3) is 0.643. The minimum atomic E-state index is -0.532. The number of carbonyl (C=O) groups is 1. The lowest BCUT2D eigenvalue weighted by molar-refractivity contribution is -0.119. The van der Waals surface area contributed by atoms with Crippen LogP contribution >= 0.6 is 11.8 Å². The summed E-state index contributed by atoms with van der Waals surface area (Å²) in [6, 6.07) is 0. The van der Waals surface area contributed by atoms with Crippen LogP contribution in [0.1, 0.15) is 51.3 Å². The van der Waals surface area contributed by atoms with Crippen LogP contribution in [0.4, 0.5) is 0 Å². The molecule has 0 bridgehead atoms. The molecule has 20 heavy (non-hydrogen) atoms. The molecule has 0 aromatic carbocycles. The largest absolute Gasteiger partial charge is 0.339 e. The molecule has 108 valence electrons. The van der Waals surface area contributed by atoms with Crippen LogP contribution in [-0.2, 0) is 4.79 Å². The van der Waals surface area contributed by atoms with Crippen molar-refractivity contribution in [3.63, 3.8) is 0 Å². The van der Waals surface area contributed by atoms with Gasteiger partial charge in [0.1, 0.15) is 11.4 Å². The smallest absolute Gasteiger partial charge is 0.231 e. The van der Waals surface area contributed by atoms with Crippen LogP contribution in [0.2, 0.25) is 0 Å². The molecule has 1 heterocycles. The molecule has 0 radical (unpaired) electrons. The number of hydrogen-bond donors (Lipinski definition) is 2. The molecule has 1 aromatic heterocycles. The average Bonchev–Trinajstić information content (AvgIpc) is 3.22. The SMILES string of the molecule is C#CC(CC)(CC)NC(=O)CSc1n[nH]c(C2CC2)n1. The molecule has 2 N–H and O–H groups in total. The molecule has 1 aliphatic rings. The first-order valence-corrected chi connectivity index (χ1v) is 7.95. The molecule has 1 fully saturated rings. The number of nitrogens with one attached hydrogen (secondary N) is 2. The lowest BCUT2D eigenvalue weighted by atomic mass is 9.94. The Kier molecular flexibility index (Phi) is 4.71. The van der Waals surface area contributed by atoms with Crippen molar-refractivity contribution >= 4 is 17.7 Å². The van der Waals surface area contributed by atoms with Gasteiger partial charge in [-0.3, -0.25) is 9.89 Å². The second-order valence-electron chi connectivity index (χ2n) is 5.05. The molecule has 1 saturated carbocycles. The van der Waals surface area contributed by atoms with Gasteiger partial charge in [0.2, 0.25) is 11.1 Å². The third-order valence-corrected chi connectivity index (χ3v) is 4.49. The van der Waals surface area contributed by atoms with E-state index in [4.69, 9.17) is 6.42 Å². The number of nitrogens with zero attached hydrogens (tertiary/aromatic N) is 2. The third-order valence-electron chi connectivity index (χ3n) is 3.64. The molecular weight excluding hydrogens is 272 g/mol. The van der Waals surface area contributed by atoms with Gasteiger partial charge in [0.15, 0.2) is 0 Å². The molecular formula is C14H20N4OS. The summed E-state index contributed by atoms with van der Waals surface area (Å²) in [4.78, 5) is 16.3. The number of hydrogen-bond acceptors (Lipinski definition) is 4. The summed E-state index contributed by atoms with van der Waals surface area (Å²) in [7, 11) is 0. The first-order valence-electron chi connectivity index (χ1n) is 6.96. The molecule has 1 aromatic rings. The quantitative estimate of drug-likeness (QED) is 0.596. The lowest BCUT2D eigenvalue weighted by Gasteiger charge is -2.26. The van der Waals surface area contributed by atoms with Crippen LogP contribution in [0, 0.1) is 12.3 Å². The van der Waals surface area contributed by atoms with Gasteiger partial charge >= 0.3 is 0 Å². The standard InChI is InChI=1S/C14H20N4OS/c1-4-14(5-2,6-3)16-11(19)9-20-13-15-12(17-18-13)10-7-8-10/h1,10H,5-9H2,2-3H3,(H,16,19)(H,15,17,18). The van der Waals surface area contributed by atoms with Crippen LogP contribution < -0.4 is 5.32 Å². The Morgan fingerprint density at radius 2 is 2.25 bits per heavy atom. The number of rotatable bonds is 7. The highest BCUT2D eigenvalue weighted by Crippen LogP contribution is 2.38. The molecule has 0 spiro atoms. The summed E-state index contributed by atoms with van der Waals surface area (Å²) in [6.45, 7) is 3.96. The summed E-state index contributed by atoms with van der Waals surface area (Å²) in [5.41, 5.74) is -0.532. The number of terminal acetylenes is 1. The van der Waals surface area contributed by atoms with Crippen molar-refractivity contribution in [1.82, 2.24) is 20.5 Å². The summed E-state index contributed by atoms with van der Waals surface area (Å²) >= 11 is 1.33. The Hall–Kier alpha value is -1.48. The van der Waals surface area contributed by atoms with E-state index in [-0.39, 0.29) is 11.7 Å². The van der Waals surface area contributed by atoms with E-state index in [0.717, 1.165) is 18.7 Å². The number of aromatic amines is 1. The Morgan fingerprint density at radius 3 is 2.80 bits per heavy atom. The van der Waals surface area contributed by atoms with Gasteiger partial charge in [-0.25, -0.2) is 4.98 Å². The molecule has 1 amide bonds. The maximum Gasteiger partial charge on any atom is 0.231 e. The van der Waals surface area contributed by atoms with Crippen molar-refractivity contribution in [1.29, 1.82) is 0 Å². The molecule has 0 atom stereocenters. The van der Waals surface area contributed by atoms with Gasteiger partial charge in [0.05, 0.1) is 5.75 Å².